The second kappa shape index (κ2) is 6.35. The normalized spacial score (nSPS) is 23.0. The van der Waals surface area contributed by atoms with Crippen LogP contribution >= 0.6 is 0 Å². The van der Waals surface area contributed by atoms with E-state index < -0.39 is 36.5 Å². The van der Waals surface area contributed by atoms with Crippen LogP contribution < -0.4 is 0 Å². The number of hydrogen-bond acceptors (Lipinski definition) is 4. The van der Waals surface area contributed by atoms with Gasteiger partial charge in [-0.15, -0.1) is 5.06 Å². The molecule has 1 N–H and O–H groups in total. The number of carboxylic acids is 1. The number of aliphatic carboxylic acids is 1. The molecule has 0 aromatic heterocycles. The van der Waals surface area contributed by atoms with Gasteiger partial charge >= 0.3 is 18.1 Å². The summed E-state index contributed by atoms with van der Waals surface area (Å²) in [5.41, 5.74) is 0.199. The molecule has 1 aromatic rings. The van der Waals surface area contributed by atoms with Crippen molar-refractivity contribution in [3.8, 4) is 0 Å². The van der Waals surface area contributed by atoms with Crippen LogP contribution in [-0.4, -0.2) is 40.9 Å². The Balaban J connectivity index is 2.07. The van der Waals surface area contributed by atoms with E-state index in [9.17, 15) is 22.8 Å². The third-order valence-corrected chi connectivity index (χ3v) is 3.51. The second-order valence-electron chi connectivity index (χ2n) is 5.00. The molecular weight excluding hydrogens is 303 g/mol. The summed E-state index contributed by atoms with van der Waals surface area (Å²) in [5, 5.41) is 9.89. The number of benzene rings is 1. The number of halogens is 3. The number of hydroxylamine groups is 2. The molecule has 2 rings (SSSR count). The van der Waals surface area contributed by atoms with Crippen LogP contribution in [0, 0.1) is 5.92 Å². The number of carbonyl (C=O) groups is 2. The number of piperidine rings is 1. The fraction of sp³-hybridized carbons (Fsp3) is 0.429. The summed E-state index contributed by atoms with van der Waals surface area (Å²) in [6.45, 7) is -0.278. The molecule has 0 spiro atoms. The van der Waals surface area contributed by atoms with Gasteiger partial charge in [-0.3, -0.25) is 4.79 Å². The summed E-state index contributed by atoms with van der Waals surface area (Å²) in [6.07, 6.45) is -5.40. The lowest BCUT2D eigenvalue weighted by Crippen LogP contribution is -2.50. The monoisotopic (exact) mass is 317 g/mol. The van der Waals surface area contributed by atoms with Crippen molar-refractivity contribution in [2.45, 2.75) is 25.1 Å². The van der Waals surface area contributed by atoms with Gasteiger partial charge in [0.05, 0.1) is 11.5 Å². The number of nitrogens with zero attached hydrogens (tertiary/aromatic N) is 1. The van der Waals surface area contributed by atoms with Crippen LogP contribution in [0.4, 0.5) is 13.2 Å². The van der Waals surface area contributed by atoms with Gasteiger partial charge in [-0.05, 0) is 25.0 Å². The number of rotatable bonds is 3. The zero-order chi connectivity index (χ0) is 16.3. The first-order valence-electron chi connectivity index (χ1n) is 6.62. The molecule has 1 fully saturated rings. The fourth-order valence-electron chi connectivity index (χ4n) is 2.31. The molecule has 1 heterocycles. The van der Waals surface area contributed by atoms with E-state index in [4.69, 9.17) is 9.94 Å². The molecule has 8 heteroatoms. The molecule has 0 bridgehead atoms. The first-order valence-corrected chi connectivity index (χ1v) is 6.62. The van der Waals surface area contributed by atoms with Crippen molar-refractivity contribution in [2.75, 3.05) is 6.54 Å². The van der Waals surface area contributed by atoms with Crippen molar-refractivity contribution in [2.24, 2.45) is 5.92 Å². The molecule has 0 amide bonds. The van der Waals surface area contributed by atoms with Crippen molar-refractivity contribution in [3.63, 3.8) is 0 Å². The van der Waals surface area contributed by atoms with E-state index in [0.717, 1.165) is 5.06 Å². The Morgan fingerprint density at radius 3 is 2.41 bits per heavy atom. The Labute approximate surface area is 124 Å². The van der Waals surface area contributed by atoms with E-state index in [1.54, 1.807) is 18.2 Å². The first kappa shape index (κ1) is 16.3. The van der Waals surface area contributed by atoms with Crippen molar-refractivity contribution in [1.29, 1.82) is 0 Å². The molecule has 5 nitrogen and oxygen atoms in total. The van der Waals surface area contributed by atoms with Crippen molar-refractivity contribution < 1.29 is 32.7 Å². The van der Waals surface area contributed by atoms with Crippen LogP contribution in [0.5, 0.6) is 0 Å². The van der Waals surface area contributed by atoms with Gasteiger partial charge in [0, 0.05) is 6.54 Å². The predicted octanol–water partition coefficient (Wildman–Crippen LogP) is 2.49. The Morgan fingerprint density at radius 2 is 1.86 bits per heavy atom. The highest BCUT2D eigenvalue weighted by Crippen LogP contribution is 2.36. The summed E-state index contributed by atoms with van der Waals surface area (Å²) >= 11 is 0. The maximum Gasteiger partial charge on any atom is 0.391 e. The topological polar surface area (TPSA) is 66.8 Å². The lowest BCUT2D eigenvalue weighted by molar-refractivity contribution is -0.223. The molecular formula is C14H14F3NO4. The number of carbonyl (C=O) groups excluding carboxylic acids is 1. The van der Waals surface area contributed by atoms with Gasteiger partial charge < -0.3 is 9.94 Å². The van der Waals surface area contributed by atoms with Crippen molar-refractivity contribution in [3.05, 3.63) is 35.9 Å². The smallest absolute Gasteiger partial charge is 0.391 e. The molecule has 22 heavy (non-hydrogen) atoms. The van der Waals surface area contributed by atoms with E-state index in [-0.39, 0.29) is 18.5 Å². The average Bonchev–Trinajstić information content (AvgIpc) is 2.47. The van der Waals surface area contributed by atoms with E-state index in [1.165, 1.54) is 12.1 Å². The first-order chi connectivity index (χ1) is 10.3. The van der Waals surface area contributed by atoms with Crippen LogP contribution in [0.2, 0.25) is 0 Å². The van der Waals surface area contributed by atoms with E-state index in [0.29, 0.717) is 0 Å². The zero-order valence-electron chi connectivity index (χ0n) is 11.4. The van der Waals surface area contributed by atoms with Crippen LogP contribution in [0.3, 0.4) is 0 Å². The average molecular weight is 317 g/mol. The van der Waals surface area contributed by atoms with Crippen LogP contribution in [0.1, 0.15) is 23.2 Å². The van der Waals surface area contributed by atoms with Crippen LogP contribution in [-0.2, 0) is 9.63 Å². The molecule has 2 atom stereocenters. The molecule has 0 aliphatic carbocycles. The third kappa shape index (κ3) is 3.76. The number of alkyl halides is 3. The summed E-state index contributed by atoms with van der Waals surface area (Å²) in [5.74, 6) is -3.95. The van der Waals surface area contributed by atoms with E-state index in [1.807, 2.05) is 0 Å². The Hall–Kier alpha value is -2.09. The molecule has 2 unspecified atom stereocenters. The summed E-state index contributed by atoms with van der Waals surface area (Å²) in [4.78, 5) is 28.0. The highest BCUT2D eigenvalue weighted by atomic mass is 19.4. The Bertz CT molecular complexity index is 547. The number of hydrogen-bond donors (Lipinski definition) is 1. The minimum Gasteiger partial charge on any atom is -0.480 e. The Kier molecular flexibility index (Phi) is 4.70. The minimum absolute atomic E-state index is 0.199. The predicted molar refractivity (Wildman–Crippen MR) is 68.8 cm³/mol. The van der Waals surface area contributed by atoms with Gasteiger partial charge in [0.25, 0.3) is 0 Å². The maximum atomic E-state index is 12.7. The van der Waals surface area contributed by atoms with Crippen molar-refractivity contribution in [1.82, 2.24) is 5.06 Å². The summed E-state index contributed by atoms with van der Waals surface area (Å²) < 4.78 is 38.1. The minimum atomic E-state index is -4.46. The molecule has 1 saturated heterocycles. The van der Waals surface area contributed by atoms with Gasteiger partial charge in [0.15, 0.2) is 0 Å². The molecule has 0 saturated carbocycles. The summed E-state index contributed by atoms with van der Waals surface area (Å²) in [6, 6.07) is 6.32. The lowest BCUT2D eigenvalue weighted by atomic mass is 9.91. The fourth-order valence-corrected chi connectivity index (χ4v) is 2.31. The molecule has 1 aromatic carbocycles. The van der Waals surface area contributed by atoms with Crippen molar-refractivity contribution >= 4 is 11.9 Å². The highest BCUT2D eigenvalue weighted by Gasteiger charge is 2.47. The van der Waals surface area contributed by atoms with Gasteiger partial charge in [-0.1, -0.05) is 18.2 Å². The second-order valence-corrected chi connectivity index (χ2v) is 5.00. The Morgan fingerprint density at radius 1 is 1.23 bits per heavy atom. The summed E-state index contributed by atoms with van der Waals surface area (Å²) in [7, 11) is 0. The third-order valence-electron chi connectivity index (χ3n) is 3.51. The highest BCUT2D eigenvalue weighted by molar-refractivity contribution is 5.89. The van der Waals surface area contributed by atoms with Crippen LogP contribution in [0.15, 0.2) is 30.3 Å². The lowest BCUT2D eigenvalue weighted by Gasteiger charge is -2.35. The standard InChI is InChI=1S/C14H14F3NO4/c15-14(16,17)10-6-7-18(11(8-10)12(19)20)22-13(21)9-4-2-1-3-5-9/h1-5,10-11H,6-8H2,(H,19,20). The SMILES string of the molecule is O=C(ON1CCC(C(F)(F)F)CC1C(=O)O)c1ccccc1. The molecule has 120 valence electrons. The zero-order valence-corrected chi connectivity index (χ0v) is 11.4. The quantitative estimate of drug-likeness (QED) is 0.928. The molecule has 1 aliphatic heterocycles. The molecule has 1 aliphatic rings. The van der Waals surface area contributed by atoms with E-state index in [2.05, 4.69) is 0 Å². The van der Waals surface area contributed by atoms with Gasteiger partial charge in [-0.2, -0.15) is 13.2 Å². The maximum absolute atomic E-state index is 12.7. The van der Waals surface area contributed by atoms with Gasteiger partial charge in [-0.25, -0.2) is 4.79 Å². The number of carboxylic acid groups (broad SMARTS) is 1. The molecule has 0 radical (unpaired) electrons. The van der Waals surface area contributed by atoms with Gasteiger partial charge in [0.2, 0.25) is 0 Å². The van der Waals surface area contributed by atoms with Crippen LogP contribution in [0.25, 0.3) is 0 Å². The largest absolute Gasteiger partial charge is 0.480 e. The van der Waals surface area contributed by atoms with Gasteiger partial charge in [0.1, 0.15) is 6.04 Å². The van der Waals surface area contributed by atoms with E-state index >= 15 is 0 Å².